The van der Waals surface area contributed by atoms with Crippen molar-refractivity contribution >= 4 is 21.5 Å². The molecule has 0 fully saturated rings. The molecule has 9 heteroatoms. The summed E-state index contributed by atoms with van der Waals surface area (Å²) >= 11 is 0. The number of anilines is 1. The van der Waals surface area contributed by atoms with Gasteiger partial charge in [-0.3, -0.25) is 4.31 Å². The van der Waals surface area contributed by atoms with Gasteiger partial charge in [-0.25, -0.2) is 8.42 Å². The van der Waals surface area contributed by atoms with Gasteiger partial charge in [0.25, 0.3) is 10.0 Å². The fourth-order valence-corrected chi connectivity index (χ4v) is 2.73. The van der Waals surface area contributed by atoms with Crippen molar-refractivity contribution in [2.24, 2.45) is 0 Å². The second kappa shape index (κ2) is 5.37. The Morgan fingerprint density at radius 2 is 1.81 bits per heavy atom. The molecule has 0 saturated carbocycles. The van der Waals surface area contributed by atoms with E-state index in [1.165, 1.54) is 31.3 Å². The fraction of sp³-hybridized carbons (Fsp3) is 0.0833. The molecule has 1 heterocycles. The summed E-state index contributed by atoms with van der Waals surface area (Å²) in [7, 11) is -2.54. The predicted molar refractivity (Wildman–Crippen MR) is 74.6 cm³/mol. The molecule has 0 spiro atoms. The second-order valence-electron chi connectivity index (χ2n) is 4.10. The molecule has 110 valence electrons. The number of pyridine rings is 1. The molecule has 2 rings (SSSR count). The fourth-order valence-electron chi connectivity index (χ4n) is 1.59. The van der Waals surface area contributed by atoms with E-state index < -0.39 is 20.8 Å². The zero-order valence-corrected chi connectivity index (χ0v) is 11.7. The Hall–Kier alpha value is -2.68. The highest BCUT2D eigenvalue weighted by atomic mass is 32.2. The molecular formula is C12H11N3O5S. The third-order valence-corrected chi connectivity index (χ3v) is 4.55. The molecule has 0 aliphatic carbocycles. The number of benzene rings is 1. The van der Waals surface area contributed by atoms with Crippen LogP contribution in [0.5, 0.6) is 5.75 Å². The van der Waals surface area contributed by atoms with Crippen LogP contribution in [-0.4, -0.2) is 30.5 Å². The summed E-state index contributed by atoms with van der Waals surface area (Å²) in [6, 6.07) is 7.73. The molecule has 1 N–H and O–H groups in total. The molecule has 0 atom stereocenters. The first kappa shape index (κ1) is 14.7. The van der Waals surface area contributed by atoms with Crippen molar-refractivity contribution in [1.29, 1.82) is 0 Å². The maximum Gasteiger partial charge on any atom is 0.363 e. The first-order chi connectivity index (χ1) is 9.82. The van der Waals surface area contributed by atoms with E-state index in [-0.39, 0.29) is 10.6 Å². The number of nitro groups is 1. The monoisotopic (exact) mass is 309 g/mol. The Morgan fingerprint density at radius 3 is 2.29 bits per heavy atom. The third kappa shape index (κ3) is 2.92. The summed E-state index contributed by atoms with van der Waals surface area (Å²) in [5, 5.41) is 19.7. The average molecular weight is 309 g/mol. The lowest BCUT2D eigenvalue weighted by molar-refractivity contribution is -0.389. The largest absolute Gasteiger partial charge is 0.508 e. The Labute approximate surface area is 120 Å². The molecule has 2 aromatic rings. The van der Waals surface area contributed by atoms with E-state index in [4.69, 9.17) is 0 Å². The summed E-state index contributed by atoms with van der Waals surface area (Å²) in [4.78, 5) is 13.1. The van der Waals surface area contributed by atoms with E-state index in [1.807, 2.05) is 0 Å². The number of hydrogen-bond donors (Lipinski definition) is 1. The number of aromatic nitrogens is 1. The lowest BCUT2D eigenvalue weighted by atomic mass is 10.3. The van der Waals surface area contributed by atoms with Crippen LogP contribution in [0.3, 0.4) is 0 Å². The van der Waals surface area contributed by atoms with Gasteiger partial charge in [-0.1, -0.05) is 0 Å². The minimum atomic E-state index is -3.88. The molecule has 21 heavy (non-hydrogen) atoms. The normalized spacial score (nSPS) is 11.1. The Bertz CT molecular complexity index is 756. The Balaban J connectivity index is 2.36. The highest BCUT2D eigenvalue weighted by Crippen LogP contribution is 2.24. The van der Waals surface area contributed by atoms with Gasteiger partial charge in [0.15, 0.2) is 6.20 Å². The van der Waals surface area contributed by atoms with Crippen LogP contribution >= 0.6 is 0 Å². The number of rotatable bonds is 4. The zero-order chi connectivity index (χ0) is 15.6. The lowest BCUT2D eigenvalue weighted by Crippen LogP contribution is -2.26. The van der Waals surface area contributed by atoms with Crippen LogP contribution in [-0.2, 0) is 10.0 Å². The van der Waals surface area contributed by atoms with Crippen molar-refractivity contribution in [3.8, 4) is 5.75 Å². The number of nitrogens with zero attached hydrogens (tertiary/aromatic N) is 3. The third-order valence-electron chi connectivity index (χ3n) is 2.78. The Kier molecular flexibility index (Phi) is 3.76. The quantitative estimate of drug-likeness (QED) is 0.676. The van der Waals surface area contributed by atoms with E-state index in [9.17, 15) is 23.6 Å². The van der Waals surface area contributed by atoms with Gasteiger partial charge in [-0.15, -0.1) is 0 Å². The van der Waals surface area contributed by atoms with E-state index in [2.05, 4.69) is 4.98 Å². The van der Waals surface area contributed by atoms with Crippen molar-refractivity contribution in [1.82, 2.24) is 4.98 Å². The van der Waals surface area contributed by atoms with Crippen molar-refractivity contribution in [3.63, 3.8) is 0 Å². The maximum atomic E-state index is 12.4. The van der Waals surface area contributed by atoms with Crippen molar-refractivity contribution < 1.29 is 18.4 Å². The number of phenolic OH excluding ortho intramolecular Hbond substituents is 1. The van der Waals surface area contributed by atoms with Crippen LogP contribution in [0.1, 0.15) is 0 Å². The van der Waals surface area contributed by atoms with Gasteiger partial charge in [0.05, 0.1) is 5.69 Å². The van der Waals surface area contributed by atoms with E-state index >= 15 is 0 Å². The van der Waals surface area contributed by atoms with Gasteiger partial charge in [-0.05, 0) is 40.2 Å². The lowest BCUT2D eigenvalue weighted by Gasteiger charge is -2.18. The molecule has 0 aliphatic rings. The average Bonchev–Trinajstić information content (AvgIpc) is 2.47. The van der Waals surface area contributed by atoms with Gasteiger partial charge in [0, 0.05) is 13.1 Å². The predicted octanol–water partition coefficient (Wildman–Crippen LogP) is 1.52. The molecule has 8 nitrogen and oxygen atoms in total. The van der Waals surface area contributed by atoms with Gasteiger partial charge in [-0.2, -0.15) is 0 Å². The first-order valence-corrected chi connectivity index (χ1v) is 7.15. The minimum absolute atomic E-state index is 0.0153. The summed E-state index contributed by atoms with van der Waals surface area (Å²) in [5.41, 5.74) is 0.339. The molecule has 0 unspecified atom stereocenters. The number of sulfonamides is 1. The zero-order valence-electron chi connectivity index (χ0n) is 10.9. The van der Waals surface area contributed by atoms with Crippen LogP contribution in [0, 0.1) is 10.1 Å². The van der Waals surface area contributed by atoms with Crippen LogP contribution < -0.4 is 4.31 Å². The van der Waals surface area contributed by atoms with Crippen LogP contribution in [0.2, 0.25) is 0 Å². The number of hydrogen-bond acceptors (Lipinski definition) is 6. The molecule has 0 aliphatic heterocycles. The summed E-state index contributed by atoms with van der Waals surface area (Å²) in [6.07, 6.45) is 0.935. The van der Waals surface area contributed by atoms with E-state index in [0.29, 0.717) is 5.69 Å². The standard InChI is InChI=1S/C12H11N3O5S/c1-14(9-2-4-10(16)5-3-9)21(19,20)11-6-7-12(13-8-11)15(17)18/h2-8,16H,1H3. The molecular weight excluding hydrogens is 298 g/mol. The van der Waals surface area contributed by atoms with Crippen molar-refractivity contribution in [2.45, 2.75) is 4.90 Å². The topological polar surface area (TPSA) is 114 Å². The minimum Gasteiger partial charge on any atom is -0.508 e. The molecule has 0 bridgehead atoms. The molecule has 1 aromatic heterocycles. The van der Waals surface area contributed by atoms with Crippen LogP contribution in [0.25, 0.3) is 0 Å². The van der Waals surface area contributed by atoms with Crippen LogP contribution in [0.15, 0.2) is 47.5 Å². The molecule has 0 amide bonds. The Morgan fingerprint density at radius 1 is 1.19 bits per heavy atom. The van der Waals surface area contributed by atoms with Gasteiger partial charge >= 0.3 is 5.82 Å². The highest BCUT2D eigenvalue weighted by molar-refractivity contribution is 7.92. The van der Waals surface area contributed by atoms with Gasteiger partial charge in [0.2, 0.25) is 0 Å². The van der Waals surface area contributed by atoms with Gasteiger partial charge < -0.3 is 15.2 Å². The molecule has 0 saturated heterocycles. The first-order valence-electron chi connectivity index (χ1n) is 5.71. The van der Waals surface area contributed by atoms with Gasteiger partial charge in [0.1, 0.15) is 10.6 Å². The van der Waals surface area contributed by atoms with E-state index in [1.54, 1.807) is 0 Å². The van der Waals surface area contributed by atoms with Crippen molar-refractivity contribution in [2.75, 3.05) is 11.4 Å². The smallest absolute Gasteiger partial charge is 0.363 e. The number of aromatic hydroxyl groups is 1. The van der Waals surface area contributed by atoms with Crippen molar-refractivity contribution in [3.05, 3.63) is 52.7 Å². The second-order valence-corrected chi connectivity index (χ2v) is 6.07. The number of phenols is 1. The summed E-state index contributed by atoms with van der Waals surface area (Å²) in [6.45, 7) is 0. The molecule has 0 radical (unpaired) electrons. The van der Waals surface area contributed by atoms with Crippen LogP contribution in [0.4, 0.5) is 11.5 Å². The summed E-state index contributed by atoms with van der Waals surface area (Å²) in [5.74, 6) is -0.414. The highest BCUT2D eigenvalue weighted by Gasteiger charge is 2.23. The molecule has 1 aromatic carbocycles. The summed E-state index contributed by atoms with van der Waals surface area (Å²) < 4.78 is 25.7. The van der Waals surface area contributed by atoms with E-state index in [0.717, 1.165) is 22.6 Å². The maximum absolute atomic E-state index is 12.4. The SMILES string of the molecule is CN(c1ccc(O)cc1)S(=O)(=O)c1ccc([N+](=O)[O-])nc1.